The Labute approximate surface area is 327 Å². The number of thiazole rings is 1. The number of carbonyl (C=O) groups is 2. The molecule has 0 bridgehead atoms. The first-order valence-electron chi connectivity index (χ1n) is 15.8. The summed E-state index contributed by atoms with van der Waals surface area (Å²) in [5, 5.41) is 31.5. The van der Waals surface area contributed by atoms with Gasteiger partial charge in [-0.15, -0.1) is 28.4 Å². The molecule has 12 nitrogen and oxygen atoms in total. The number of hydrogen-bond acceptors (Lipinski definition) is 10. The lowest BCUT2D eigenvalue weighted by Crippen LogP contribution is -3.00. The number of rotatable bonds is 13. The minimum absolute atomic E-state index is 0. The minimum atomic E-state index is -1.66. The fraction of sp³-hybridized carbons (Fsp3) is 0.278. The van der Waals surface area contributed by atoms with E-state index < -0.39 is 35.6 Å². The molecular formula is C36H37Cl3FN7O5S. The molecule has 0 saturated carbocycles. The van der Waals surface area contributed by atoms with E-state index in [1.807, 2.05) is 24.4 Å². The molecule has 0 spiro atoms. The van der Waals surface area contributed by atoms with Crippen molar-refractivity contribution in [3.05, 3.63) is 117 Å². The second-order valence-electron chi connectivity index (χ2n) is 11.8. The third kappa shape index (κ3) is 10.3. The van der Waals surface area contributed by atoms with E-state index in [-0.39, 0.29) is 44.5 Å². The normalized spacial score (nSPS) is 12.9. The number of carbonyl (C=O) groups excluding carboxylic acids is 2. The zero-order valence-corrected chi connectivity index (χ0v) is 32.2. The summed E-state index contributed by atoms with van der Waals surface area (Å²) in [7, 11) is 3.14. The lowest BCUT2D eigenvalue weighted by molar-refractivity contribution is -0.753. The number of nitriles is 1. The second-order valence-corrected chi connectivity index (χ2v) is 13.1. The molecule has 5 aromatic rings. The number of likely N-dealkylation sites (N-methyl/N-ethyl adjacent to an activating group) is 1. The molecule has 2 heterocycles. The molecule has 5 rings (SSSR count). The lowest BCUT2D eigenvalue weighted by atomic mass is 9.82. The molecule has 0 aliphatic carbocycles. The number of nitrogens with zero attached hydrogens (tertiary/aromatic N) is 6. The maximum atomic E-state index is 14.5. The molecular weight excluding hydrogens is 768 g/mol. The van der Waals surface area contributed by atoms with Gasteiger partial charge in [-0.25, -0.2) is 14.2 Å². The molecule has 3 unspecified atom stereocenters. The zero-order chi connectivity index (χ0) is 36.7. The predicted molar refractivity (Wildman–Crippen MR) is 195 cm³/mol. The Kier molecular flexibility index (Phi) is 15.3. The van der Waals surface area contributed by atoms with Gasteiger partial charge in [0.1, 0.15) is 24.6 Å². The van der Waals surface area contributed by atoms with E-state index in [1.54, 1.807) is 61.3 Å². The minimum Gasteiger partial charge on any atom is -1.00 e. The van der Waals surface area contributed by atoms with Crippen LogP contribution >= 0.6 is 35.3 Å². The number of anilines is 1. The summed E-state index contributed by atoms with van der Waals surface area (Å²) in [6.45, 7) is 3.34. The quantitative estimate of drug-likeness (QED) is 0.136. The Hall–Kier alpha value is -4.62. The molecule has 2 aromatic heterocycles. The standard InChI is InChI=1S/C36H36ClFN7O5S.2ClH/c1-23(34-42-31(19-51-34)26-10-8-25(16-39)9-11-26)36(48,28-6-5-7-30(38)14-28)20-45-22-44(21-41-45)24(2)50-35(47)43(4)32-15-29(37)13-12-27(32)18-49-33(46)17-40-3;;/h5-15,19,21-24,40,48H,17-18,20H2,1-4H3;2*1H/q+1;;/p-1. The van der Waals surface area contributed by atoms with E-state index in [1.165, 1.54) is 52.5 Å². The second kappa shape index (κ2) is 18.9. The van der Waals surface area contributed by atoms with Crippen molar-refractivity contribution in [2.75, 3.05) is 25.5 Å². The highest BCUT2D eigenvalue weighted by Gasteiger charge is 2.42. The molecule has 3 aromatic carbocycles. The Morgan fingerprint density at radius 1 is 1.19 bits per heavy atom. The molecule has 0 aliphatic heterocycles. The highest BCUT2D eigenvalue weighted by atomic mass is 35.5. The van der Waals surface area contributed by atoms with Crippen molar-refractivity contribution in [2.45, 2.75) is 44.7 Å². The third-order valence-corrected chi connectivity index (χ3v) is 9.59. The van der Waals surface area contributed by atoms with Crippen molar-refractivity contribution >= 4 is 53.1 Å². The van der Waals surface area contributed by atoms with Crippen molar-refractivity contribution in [3.63, 3.8) is 0 Å². The number of aliphatic hydroxyl groups is 1. The fourth-order valence-electron chi connectivity index (χ4n) is 5.34. The van der Waals surface area contributed by atoms with Crippen LogP contribution in [0.25, 0.3) is 11.3 Å². The van der Waals surface area contributed by atoms with E-state index in [2.05, 4.69) is 16.5 Å². The molecule has 3 atom stereocenters. The molecule has 53 heavy (non-hydrogen) atoms. The maximum absolute atomic E-state index is 14.5. The van der Waals surface area contributed by atoms with Crippen LogP contribution in [0.4, 0.5) is 14.9 Å². The Morgan fingerprint density at radius 3 is 2.60 bits per heavy atom. The number of hydrogen-bond donors (Lipinski definition) is 2. The topological polar surface area (TPSA) is 146 Å². The Bertz CT molecular complexity index is 2060. The van der Waals surface area contributed by atoms with Crippen LogP contribution in [0.5, 0.6) is 0 Å². The maximum Gasteiger partial charge on any atom is 0.416 e. The summed E-state index contributed by atoms with van der Waals surface area (Å²) in [4.78, 5) is 31.2. The number of benzene rings is 3. The van der Waals surface area contributed by atoms with Gasteiger partial charge in [-0.05, 0) is 49.0 Å². The fourth-order valence-corrected chi connectivity index (χ4v) is 6.48. The van der Waals surface area contributed by atoms with Crippen molar-refractivity contribution in [3.8, 4) is 17.3 Å². The van der Waals surface area contributed by atoms with Gasteiger partial charge in [0.25, 0.3) is 6.33 Å². The van der Waals surface area contributed by atoms with Gasteiger partial charge >= 0.3 is 12.1 Å². The van der Waals surface area contributed by atoms with Crippen molar-refractivity contribution < 1.29 is 45.5 Å². The van der Waals surface area contributed by atoms with Gasteiger partial charge in [0.05, 0.1) is 34.6 Å². The van der Waals surface area contributed by atoms with Crippen molar-refractivity contribution in [1.29, 1.82) is 5.26 Å². The Morgan fingerprint density at radius 2 is 1.92 bits per heavy atom. The molecule has 1 amide bonds. The molecule has 0 fully saturated rings. The number of aromatic nitrogens is 4. The number of amides is 1. The van der Waals surface area contributed by atoms with E-state index in [9.17, 15) is 19.1 Å². The molecule has 0 saturated heterocycles. The van der Waals surface area contributed by atoms with Crippen molar-refractivity contribution in [2.24, 2.45) is 0 Å². The molecule has 280 valence electrons. The number of nitrogens with one attached hydrogen (secondary N) is 1. The summed E-state index contributed by atoms with van der Waals surface area (Å²) in [5.74, 6) is -1.57. The number of ether oxygens (including phenoxy) is 2. The first-order valence-corrected chi connectivity index (χ1v) is 17.1. The lowest BCUT2D eigenvalue weighted by Gasteiger charge is -2.31. The summed E-state index contributed by atoms with van der Waals surface area (Å²) in [6, 6.07) is 19.8. The van der Waals surface area contributed by atoms with Gasteiger partial charge < -0.3 is 32.3 Å². The smallest absolute Gasteiger partial charge is 0.416 e. The van der Waals surface area contributed by atoms with Gasteiger partial charge in [-0.3, -0.25) is 9.69 Å². The van der Waals surface area contributed by atoms with E-state index >= 15 is 0 Å². The van der Waals surface area contributed by atoms with Crippen LogP contribution in [0.2, 0.25) is 5.02 Å². The van der Waals surface area contributed by atoms with E-state index in [0.717, 1.165) is 5.56 Å². The summed E-state index contributed by atoms with van der Waals surface area (Å²) in [6.07, 6.45) is 1.48. The monoisotopic (exact) mass is 803 g/mol. The first kappa shape index (κ1) is 42.8. The van der Waals surface area contributed by atoms with Gasteiger partial charge in [0.15, 0.2) is 0 Å². The molecule has 0 radical (unpaired) electrons. The summed E-state index contributed by atoms with van der Waals surface area (Å²) < 4.78 is 28.6. The van der Waals surface area contributed by atoms with Crippen LogP contribution in [-0.4, -0.2) is 52.6 Å². The highest BCUT2D eigenvalue weighted by Crippen LogP contribution is 2.40. The number of esters is 1. The van der Waals surface area contributed by atoms with Crippen molar-refractivity contribution in [1.82, 2.24) is 20.1 Å². The van der Waals surface area contributed by atoms with Gasteiger partial charge in [0, 0.05) is 46.5 Å². The van der Waals surface area contributed by atoms with Crippen LogP contribution in [-0.2, 0) is 33.0 Å². The average Bonchev–Trinajstić information content (AvgIpc) is 3.81. The SMILES string of the molecule is CNCC(=O)OCc1ccc(Cl)cc1N(C)C(=O)OC(C)[n+]1cnn(CC(O)(c2cccc(F)c2)C(C)c2nc(-c3ccc(C#N)cc3)cs2)c1.Cl.[Cl-]. The zero-order valence-electron chi connectivity index (χ0n) is 29.1. The van der Waals surface area contributed by atoms with Crippen LogP contribution in [0.15, 0.2) is 84.8 Å². The van der Waals surface area contributed by atoms with E-state index in [0.29, 0.717) is 38.1 Å². The van der Waals surface area contributed by atoms with Gasteiger partial charge in [-0.2, -0.15) is 9.83 Å². The average molecular weight is 805 g/mol. The van der Waals surface area contributed by atoms with E-state index in [4.69, 9.17) is 31.3 Å². The van der Waals surface area contributed by atoms with Crippen LogP contribution < -0.4 is 27.2 Å². The third-order valence-electron chi connectivity index (χ3n) is 8.33. The molecule has 2 N–H and O–H groups in total. The highest BCUT2D eigenvalue weighted by molar-refractivity contribution is 7.10. The molecule has 0 aliphatic rings. The summed E-state index contributed by atoms with van der Waals surface area (Å²) in [5.41, 5.74) is 1.66. The summed E-state index contributed by atoms with van der Waals surface area (Å²) >= 11 is 7.59. The largest absolute Gasteiger partial charge is 1.00 e. The molecule has 17 heteroatoms. The Balaban J connectivity index is 0.00000378. The predicted octanol–water partition coefficient (Wildman–Crippen LogP) is 3.13. The van der Waals surface area contributed by atoms with Crippen LogP contribution in [0.1, 0.15) is 47.7 Å². The van der Waals surface area contributed by atoms with Gasteiger partial charge in [-0.1, -0.05) is 48.9 Å². The van der Waals surface area contributed by atoms with Gasteiger partial charge in [0.2, 0.25) is 12.6 Å². The van der Waals surface area contributed by atoms with Crippen LogP contribution in [0.3, 0.4) is 0 Å². The number of halogens is 4. The first-order chi connectivity index (χ1) is 24.4. The van der Waals surface area contributed by atoms with Crippen LogP contribution in [0, 0.1) is 17.1 Å².